The van der Waals surface area contributed by atoms with Crippen molar-refractivity contribution in [2.75, 3.05) is 11.5 Å². The summed E-state index contributed by atoms with van der Waals surface area (Å²) in [6.07, 6.45) is 0. The van der Waals surface area contributed by atoms with Gasteiger partial charge in [0.2, 0.25) is 0 Å². The van der Waals surface area contributed by atoms with Crippen LogP contribution in [0.3, 0.4) is 0 Å². The Bertz CT molecular complexity index is 219. The van der Waals surface area contributed by atoms with Crippen LogP contribution in [-0.2, 0) is 0 Å². The van der Waals surface area contributed by atoms with Gasteiger partial charge < -0.3 is 0 Å². The van der Waals surface area contributed by atoms with Gasteiger partial charge in [0.1, 0.15) is 0 Å². The Kier molecular flexibility index (Phi) is 2.49. The summed E-state index contributed by atoms with van der Waals surface area (Å²) in [5.41, 5.74) is 1.47. The largest absolute Gasteiger partial charge is 0.307 e. The fourth-order valence-corrected chi connectivity index (χ4v) is 4.02. The Hall–Kier alpha value is -0.0151. The summed E-state index contributed by atoms with van der Waals surface area (Å²) in [6.45, 7) is 0. The monoisotopic (exact) mass is 180 g/mol. The van der Waals surface area contributed by atoms with Gasteiger partial charge in [-0.05, 0) is 11.5 Å². The van der Waals surface area contributed by atoms with Gasteiger partial charge in [-0.3, -0.25) is 0 Å². The lowest BCUT2D eigenvalue weighted by Gasteiger charge is -2.01. The van der Waals surface area contributed by atoms with Crippen LogP contribution in [0.4, 0.5) is 0 Å². The first-order chi connectivity index (χ1) is 5.47. The van der Waals surface area contributed by atoms with Crippen molar-refractivity contribution in [1.29, 1.82) is 0 Å². The Morgan fingerprint density at radius 2 is 1.64 bits per heavy atom. The molecule has 0 radical (unpaired) electrons. The average molecular weight is 180 g/mol. The predicted octanol–water partition coefficient (Wildman–Crippen LogP) is 1.86. The van der Waals surface area contributed by atoms with Gasteiger partial charge in [-0.2, -0.15) is 23.2 Å². The van der Waals surface area contributed by atoms with Crippen molar-refractivity contribution in [1.82, 2.24) is 0 Å². The zero-order valence-corrected chi connectivity index (χ0v) is 7.83. The second kappa shape index (κ2) is 3.59. The molecule has 1 aromatic carbocycles. The summed E-state index contributed by atoms with van der Waals surface area (Å²) in [4.78, 5) is 0. The topological polar surface area (TPSA) is 0 Å². The Balaban J connectivity index is 2.16. The van der Waals surface area contributed by atoms with E-state index in [9.17, 15) is 0 Å². The molecule has 0 N–H and O–H groups in total. The van der Waals surface area contributed by atoms with E-state index in [2.05, 4.69) is 53.6 Å². The fraction of sp³-hybridized carbons (Fsp3) is 0.250. The van der Waals surface area contributed by atoms with Crippen molar-refractivity contribution >= 4 is 34.0 Å². The summed E-state index contributed by atoms with van der Waals surface area (Å²) in [7, 11) is 0. The normalized spacial score (nSPS) is 17.3. The fourth-order valence-electron chi connectivity index (χ4n) is 1.16. The van der Waals surface area contributed by atoms with Crippen LogP contribution in [0.25, 0.3) is 0 Å². The molecule has 0 bridgehead atoms. The molecule has 2 rings (SSSR count). The molecule has 1 aromatic rings. The maximum Gasteiger partial charge on any atom is 0.307 e. The third-order valence-electron chi connectivity index (χ3n) is 1.69. The van der Waals surface area contributed by atoms with Crippen LogP contribution < -0.4 is 5.46 Å². The van der Waals surface area contributed by atoms with Crippen molar-refractivity contribution < 1.29 is 0 Å². The van der Waals surface area contributed by atoms with Crippen LogP contribution in [-0.4, -0.2) is 16.8 Å². The molecular formula is C8H9BS2. The zero-order valence-electron chi connectivity index (χ0n) is 6.19. The molecule has 0 unspecified atom stereocenters. The maximum absolute atomic E-state index is 2.22. The van der Waals surface area contributed by atoms with Gasteiger partial charge in [0, 0.05) is 0 Å². The molecule has 0 saturated carbocycles. The van der Waals surface area contributed by atoms with E-state index in [0.717, 1.165) is 0 Å². The second-order valence-corrected chi connectivity index (χ2v) is 5.21. The van der Waals surface area contributed by atoms with Crippen LogP contribution in [0, 0.1) is 0 Å². The maximum atomic E-state index is 2.22. The number of benzene rings is 1. The second-order valence-electron chi connectivity index (χ2n) is 2.48. The molecular weight excluding hydrogens is 171 g/mol. The van der Waals surface area contributed by atoms with Gasteiger partial charge in [-0.25, -0.2) is 0 Å². The third-order valence-corrected chi connectivity index (χ3v) is 4.80. The van der Waals surface area contributed by atoms with Crippen molar-refractivity contribution in [2.24, 2.45) is 0 Å². The van der Waals surface area contributed by atoms with Crippen LogP contribution in [0.1, 0.15) is 0 Å². The molecule has 0 nitrogen and oxygen atoms in total. The van der Waals surface area contributed by atoms with Gasteiger partial charge in [-0.1, -0.05) is 35.8 Å². The summed E-state index contributed by atoms with van der Waals surface area (Å²) >= 11 is 4.12. The molecule has 11 heavy (non-hydrogen) atoms. The zero-order chi connectivity index (χ0) is 7.52. The summed E-state index contributed by atoms with van der Waals surface area (Å²) < 4.78 is 0. The van der Waals surface area contributed by atoms with Crippen LogP contribution in [0.15, 0.2) is 30.3 Å². The highest BCUT2D eigenvalue weighted by Crippen LogP contribution is 2.27. The average Bonchev–Trinajstić information content (AvgIpc) is 2.58. The highest BCUT2D eigenvalue weighted by atomic mass is 32.2. The van der Waals surface area contributed by atoms with E-state index in [-0.39, 0.29) is 0 Å². The van der Waals surface area contributed by atoms with Crippen molar-refractivity contribution in [3.8, 4) is 0 Å². The Morgan fingerprint density at radius 1 is 1.00 bits per heavy atom. The van der Waals surface area contributed by atoms with E-state index < -0.39 is 0 Å². The van der Waals surface area contributed by atoms with E-state index in [4.69, 9.17) is 0 Å². The molecule has 1 fully saturated rings. The molecule has 1 heterocycles. The smallest absolute Gasteiger partial charge is 0.190 e. The van der Waals surface area contributed by atoms with Crippen LogP contribution in [0.5, 0.6) is 0 Å². The lowest BCUT2D eigenvalue weighted by atomic mass is 9.93. The van der Waals surface area contributed by atoms with Crippen LogP contribution in [0.2, 0.25) is 0 Å². The van der Waals surface area contributed by atoms with E-state index in [1.165, 1.54) is 17.0 Å². The Morgan fingerprint density at radius 3 is 2.27 bits per heavy atom. The molecule has 0 aromatic heterocycles. The standard InChI is InChI=1S/C8H9BS2/c1-2-4-8(5-3-1)9-10-6-7-11-9/h1-5H,6-7H2. The lowest BCUT2D eigenvalue weighted by Crippen LogP contribution is -2.20. The minimum absolute atomic E-state index is 0.705. The molecule has 0 amide bonds. The molecule has 1 aliphatic heterocycles. The Labute approximate surface area is 76.0 Å². The number of rotatable bonds is 1. The highest BCUT2D eigenvalue weighted by molar-refractivity contribution is 8.57. The van der Waals surface area contributed by atoms with E-state index in [0.29, 0.717) is 5.27 Å². The van der Waals surface area contributed by atoms with E-state index in [1.807, 2.05) is 0 Å². The first kappa shape index (κ1) is 7.62. The van der Waals surface area contributed by atoms with Crippen molar-refractivity contribution in [3.63, 3.8) is 0 Å². The van der Waals surface area contributed by atoms with Crippen LogP contribution >= 0.6 is 23.2 Å². The molecule has 3 heteroatoms. The first-order valence-corrected chi connectivity index (χ1v) is 5.85. The quantitative estimate of drug-likeness (QED) is 0.605. The minimum Gasteiger partial charge on any atom is -0.190 e. The molecule has 0 aliphatic carbocycles. The molecule has 1 aliphatic rings. The van der Waals surface area contributed by atoms with Gasteiger partial charge >= 0.3 is 5.27 Å². The number of hydrogen-bond acceptors (Lipinski definition) is 2. The molecule has 1 saturated heterocycles. The predicted molar refractivity (Wildman–Crippen MR) is 56.7 cm³/mol. The first-order valence-electron chi connectivity index (χ1n) is 3.75. The molecule has 56 valence electrons. The molecule has 0 spiro atoms. The van der Waals surface area contributed by atoms with E-state index >= 15 is 0 Å². The van der Waals surface area contributed by atoms with E-state index in [1.54, 1.807) is 0 Å². The highest BCUT2D eigenvalue weighted by Gasteiger charge is 2.22. The summed E-state index contributed by atoms with van der Waals surface area (Å²) in [6, 6.07) is 10.8. The van der Waals surface area contributed by atoms with Crippen molar-refractivity contribution in [3.05, 3.63) is 30.3 Å². The SMILES string of the molecule is c1ccc(B2SCCS2)cc1. The summed E-state index contributed by atoms with van der Waals surface area (Å²) in [5.74, 6) is 2.62. The summed E-state index contributed by atoms with van der Waals surface area (Å²) in [5, 5.41) is 0.705. The lowest BCUT2D eigenvalue weighted by molar-refractivity contribution is 1.59. The van der Waals surface area contributed by atoms with Gasteiger partial charge in [0.25, 0.3) is 0 Å². The third kappa shape index (κ3) is 1.77. The minimum atomic E-state index is 0.705. The van der Waals surface area contributed by atoms with Gasteiger partial charge in [-0.15, -0.1) is 0 Å². The molecule has 0 atom stereocenters. The van der Waals surface area contributed by atoms with Gasteiger partial charge in [0.15, 0.2) is 0 Å². The van der Waals surface area contributed by atoms with Gasteiger partial charge in [0.05, 0.1) is 0 Å². The van der Waals surface area contributed by atoms with Crippen molar-refractivity contribution in [2.45, 2.75) is 0 Å². The number of hydrogen-bond donors (Lipinski definition) is 0.